The fourth-order valence-electron chi connectivity index (χ4n) is 1.34. The Labute approximate surface area is 111 Å². The molecule has 0 unspecified atom stereocenters. The molecule has 0 fully saturated rings. The molecule has 0 aliphatic heterocycles. The molecule has 0 aliphatic carbocycles. The van der Waals surface area contributed by atoms with Crippen LogP contribution in [0.15, 0.2) is 18.5 Å². The Morgan fingerprint density at radius 2 is 2.21 bits per heavy atom. The first-order chi connectivity index (χ1) is 9.13. The van der Waals surface area contributed by atoms with Crippen LogP contribution in [0.5, 0.6) is 0 Å². The first-order valence-corrected chi connectivity index (χ1v) is 5.74. The lowest BCUT2D eigenvalue weighted by molar-refractivity contribution is -0.118. The Morgan fingerprint density at radius 1 is 1.42 bits per heavy atom. The maximum Gasteiger partial charge on any atom is 0.252 e. The van der Waals surface area contributed by atoms with Crippen LogP contribution in [0.3, 0.4) is 0 Å². The zero-order valence-electron chi connectivity index (χ0n) is 10.3. The second-order valence-corrected chi connectivity index (χ2v) is 3.75. The number of primary amides is 1. The summed E-state index contributed by atoms with van der Waals surface area (Å²) in [6, 6.07) is 1.58. The molecular formula is C13H15N3O3. The molecule has 100 valence electrons. The molecule has 6 nitrogen and oxygen atoms in total. The van der Waals surface area contributed by atoms with Gasteiger partial charge in [-0.3, -0.25) is 14.6 Å². The van der Waals surface area contributed by atoms with Crippen LogP contribution in [0.2, 0.25) is 0 Å². The number of rotatable bonds is 5. The Balaban J connectivity index is 2.54. The van der Waals surface area contributed by atoms with Crippen molar-refractivity contribution in [3.8, 4) is 11.8 Å². The van der Waals surface area contributed by atoms with Gasteiger partial charge in [0, 0.05) is 30.9 Å². The van der Waals surface area contributed by atoms with Crippen LogP contribution < -0.4 is 11.1 Å². The van der Waals surface area contributed by atoms with E-state index in [2.05, 4.69) is 22.1 Å². The number of carbonyl (C=O) groups is 2. The van der Waals surface area contributed by atoms with Crippen LogP contribution in [0.4, 0.5) is 0 Å². The van der Waals surface area contributed by atoms with Gasteiger partial charge in [0.25, 0.3) is 5.91 Å². The lowest BCUT2D eigenvalue weighted by Gasteiger charge is -2.04. The number of hydrogen-bond acceptors (Lipinski definition) is 4. The van der Waals surface area contributed by atoms with E-state index in [1.165, 1.54) is 12.4 Å². The minimum Gasteiger partial charge on any atom is -0.384 e. The van der Waals surface area contributed by atoms with Crippen LogP contribution in [0.25, 0.3) is 0 Å². The number of amides is 2. The number of nitrogens with zero attached hydrogens (tertiary/aromatic N) is 1. The first-order valence-electron chi connectivity index (χ1n) is 5.74. The third kappa shape index (κ3) is 5.66. The van der Waals surface area contributed by atoms with E-state index >= 15 is 0 Å². The van der Waals surface area contributed by atoms with Crippen molar-refractivity contribution in [3.05, 3.63) is 29.6 Å². The summed E-state index contributed by atoms with van der Waals surface area (Å²) in [6.45, 7) is 0.123. The summed E-state index contributed by atoms with van der Waals surface area (Å²) in [6.07, 6.45) is 3.67. The summed E-state index contributed by atoms with van der Waals surface area (Å²) in [5, 5.41) is 11.2. The van der Waals surface area contributed by atoms with E-state index in [1.54, 1.807) is 6.07 Å². The highest BCUT2D eigenvalue weighted by Gasteiger charge is 2.05. The van der Waals surface area contributed by atoms with Crippen LogP contribution in [-0.2, 0) is 4.79 Å². The van der Waals surface area contributed by atoms with Crippen molar-refractivity contribution in [2.75, 3.05) is 13.2 Å². The van der Waals surface area contributed by atoms with E-state index in [4.69, 9.17) is 10.8 Å². The molecule has 1 heterocycles. The smallest absolute Gasteiger partial charge is 0.252 e. The minimum atomic E-state index is -0.391. The molecule has 0 saturated carbocycles. The van der Waals surface area contributed by atoms with E-state index in [0.717, 1.165) is 0 Å². The van der Waals surface area contributed by atoms with Crippen LogP contribution in [-0.4, -0.2) is 35.1 Å². The van der Waals surface area contributed by atoms with Gasteiger partial charge in [-0.15, -0.1) is 0 Å². The van der Waals surface area contributed by atoms with Crippen molar-refractivity contribution in [2.24, 2.45) is 5.73 Å². The third-order valence-electron chi connectivity index (χ3n) is 2.20. The first kappa shape index (κ1) is 14.7. The number of hydrogen-bond donors (Lipinski definition) is 3. The highest BCUT2D eigenvalue weighted by Crippen LogP contribution is 2.01. The maximum atomic E-state index is 11.8. The summed E-state index contributed by atoms with van der Waals surface area (Å²) >= 11 is 0. The van der Waals surface area contributed by atoms with Crippen molar-refractivity contribution in [2.45, 2.75) is 12.8 Å². The number of carbonyl (C=O) groups excluding carboxylic acids is 2. The normalized spacial score (nSPS) is 9.32. The molecule has 0 aromatic carbocycles. The van der Waals surface area contributed by atoms with E-state index in [1.807, 2.05) is 0 Å². The summed E-state index contributed by atoms with van der Waals surface area (Å²) in [5.74, 6) is 4.47. The number of nitrogens with two attached hydrogens (primary N) is 1. The van der Waals surface area contributed by atoms with Crippen LogP contribution in [0, 0.1) is 11.8 Å². The second-order valence-electron chi connectivity index (χ2n) is 3.75. The SMILES string of the molecule is NC(=O)CCCNC(=O)c1cncc(C#CCO)c1. The Kier molecular flexibility index (Phi) is 6.06. The van der Waals surface area contributed by atoms with Gasteiger partial charge < -0.3 is 16.2 Å². The topological polar surface area (TPSA) is 105 Å². The largest absolute Gasteiger partial charge is 0.384 e. The zero-order chi connectivity index (χ0) is 14.1. The van der Waals surface area contributed by atoms with Gasteiger partial charge in [0.2, 0.25) is 5.91 Å². The number of pyridine rings is 1. The van der Waals surface area contributed by atoms with Gasteiger partial charge in [-0.2, -0.15) is 0 Å². The van der Waals surface area contributed by atoms with Gasteiger partial charge in [0.05, 0.1) is 5.56 Å². The van der Waals surface area contributed by atoms with Crippen molar-refractivity contribution >= 4 is 11.8 Å². The van der Waals surface area contributed by atoms with E-state index in [9.17, 15) is 9.59 Å². The predicted molar refractivity (Wildman–Crippen MR) is 69.0 cm³/mol. The number of aliphatic hydroxyl groups excluding tert-OH is 1. The van der Waals surface area contributed by atoms with E-state index < -0.39 is 5.91 Å². The molecule has 2 amide bonds. The van der Waals surface area contributed by atoms with Crippen molar-refractivity contribution in [1.29, 1.82) is 0 Å². The Hall–Kier alpha value is -2.39. The molecule has 0 bridgehead atoms. The van der Waals surface area contributed by atoms with Gasteiger partial charge in [0.15, 0.2) is 0 Å². The van der Waals surface area contributed by atoms with Crippen molar-refractivity contribution in [1.82, 2.24) is 10.3 Å². The lowest BCUT2D eigenvalue weighted by Crippen LogP contribution is -2.25. The molecule has 19 heavy (non-hydrogen) atoms. The number of nitrogens with one attached hydrogen (secondary N) is 1. The molecule has 0 atom stereocenters. The Morgan fingerprint density at radius 3 is 2.89 bits per heavy atom. The molecule has 0 saturated heterocycles. The van der Waals surface area contributed by atoms with Gasteiger partial charge in [-0.1, -0.05) is 11.8 Å². The molecule has 4 N–H and O–H groups in total. The fraction of sp³-hybridized carbons (Fsp3) is 0.308. The average Bonchev–Trinajstić information content (AvgIpc) is 2.41. The van der Waals surface area contributed by atoms with Gasteiger partial charge >= 0.3 is 0 Å². The lowest BCUT2D eigenvalue weighted by atomic mass is 10.2. The standard InChI is InChI=1S/C13H15N3O3/c14-12(18)4-1-5-16-13(19)11-7-10(3-2-6-17)8-15-9-11/h7-9,17H,1,4-6H2,(H2,14,18)(H,16,19). The van der Waals surface area contributed by atoms with E-state index in [-0.39, 0.29) is 18.9 Å². The van der Waals surface area contributed by atoms with Crippen molar-refractivity contribution in [3.63, 3.8) is 0 Å². The third-order valence-corrected chi connectivity index (χ3v) is 2.20. The average molecular weight is 261 g/mol. The zero-order valence-corrected chi connectivity index (χ0v) is 10.3. The molecule has 0 radical (unpaired) electrons. The summed E-state index contributed by atoms with van der Waals surface area (Å²) < 4.78 is 0. The van der Waals surface area contributed by atoms with E-state index in [0.29, 0.717) is 24.1 Å². The van der Waals surface area contributed by atoms with Gasteiger partial charge in [-0.25, -0.2) is 0 Å². The highest BCUT2D eigenvalue weighted by molar-refractivity contribution is 5.94. The predicted octanol–water partition coefficient (Wildman–Crippen LogP) is -0.579. The number of aromatic nitrogens is 1. The van der Waals surface area contributed by atoms with Crippen LogP contribution in [0.1, 0.15) is 28.8 Å². The van der Waals surface area contributed by atoms with Crippen molar-refractivity contribution < 1.29 is 14.7 Å². The molecule has 6 heteroatoms. The molecule has 0 aliphatic rings. The van der Waals surface area contributed by atoms with Gasteiger partial charge in [0.1, 0.15) is 6.61 Å². The Bertz CT molecular complexity index is 517. The molecule has 0 spiro atoms. The second kappa shape index (κ2) is 7.84. The molecule has 1 aromatic rings. The quantitative estimate of drug-likeness (QED) is 0.487. The minimum absolute atomic E-state index is 0.237. The fourth-order valence-corrected chi connectivity index (χ4v) is 1.34. The molecule has 1 aromatic heterocycles. The number of aliphatic hydroxyl groups is 1. The highest BCUT2D eigenvalue weighted by atomic mass is 16.2. The van der Waals surface area contributed by atoms with Gasteiger partial charge in [-0.05, 0) is 12.5 Å². The summed E-state index contributed by atoms with van der Waals surface area (Å²) in [4.78, 5) is 26.2. The van der Waals surface area contributed by atoms with Crippen LogP contribution >= 0.6 is 0 Å². The molecule has 1 rings (SSSR count). The maximum absolute atomic E-state index is 11.8. The summed E-state index contributed by atoms with van der Waals surface area (Å²) in [7, 11) is 0. The summed E-state index contributed by atoms with van der Waals surface area (Å²) in [5.41, 5.74) is 5.92. The molecular weight excluding hydrogens is 246 g/mol. The monoisotopic (exact) mass is 261 g/mol.